The number of allylic oxidation sites excluding steroid dienone is 2. The van der Waals surface area contributed by atoms with Gasteiger partial charge in [-0.05, 0) is 24.4 Å². The van der Waals surface area contributed by atoms with Gasteiger partial charge in [0.15, 0.2) is 9.71 Å². The Kier molecular flexibility index (Phi) is 3.82. The number of thiazole rings is 1. The number of rotatable bonds is 1. The minimum atomic E-state index is -1.04. The molecule has 0 fully saturated rings. The summed E-state index contributed by atoms with van der Waals surface area (Å²) in [7, 11) is 1.61. The Morgan fingerprint density at radius 1 is 1.21 bits per heavy atom. The second-order valence-electron chi connectivity index (χ2n) is 4.89. The second-order valence-corrected chi connectivity index (χ2v) is 6.56. The number of Topliss-reactive ketones (excluding diaryl/α,β-unsaturated/α-hetero) is 2. The number of furan rings is 1. The highest BCUT2D eigenvalue weighted by Gasteiger charge is 2.33. The standard InChI is InChI=1S/C15H9NO6S2/c1-16-14(21)10(24-15(16)23)4-6-2-3-9(22-6)11-12(19)7(17)5-8(18)13(11)20/h2-5,17,21H,1H3/b6-4-,11-9-. The largest absolute Gasteiger partial charge is 0.504 e. The number of aliphatic hydroxyl groups excluding tert-OH is 1. The summed E-state index contributed by atoms with van der Waals surface area (Å²) >= 11 is 6.20. The van der Waals surface area contributed by atoms with Gasteiger partial charge in [0.05, 0.1) is 4.88 Å². The Morgan fingerprint density at radius 2 is 1.92 bits per heavy atom. The predicted molar refractivity (Wildman–Crippen MR) is 86.5 cm³/mol. The maximum absolute atomic E-state index is 11.9. The van der Waals surface area contributed by atoms with Crippen molar-refractivity contribution in [1.82, 2.24) is 4.57 Å². The van der Waals surface area contributed by atoms with Crippen molar-refractivity contribution in [3.05, 3.63) is 43.6 Å². The van der Waals surface area contributed by atoms with Crippen molar-refractivity contribution < 1.29 is 29.0 Å². The first-order chi connectivity index (χ1) is 11.3. The molecule has 0 aromatic carbocycles. The van der Waals surface area contributed by atoms with Gasteiger partial charge >= 0.3 is 0 Å². The van der Waals surface area contributed by atoms with Gasteiger partial charge in [0, 0.05) is 19.2 Å². The highest BCUT2D eigenvalue weighted by atomic mass is 32.1. The number of aromatic hydroxyl groups is 1. The summed E-state index contributed by atoms with van der Waals surface area (Å²) < 4.78 is 7.27. The first kappa shape index (κ1) is 16.1. The zero-order valence-corrected chi connectivity index (χ0v) is 13.7. The van der Waals surface area contributed by atoms with Crippen LogP contribution in [0.2, 0.25) is 0 Å². The smallest absolute Gasteiger partial charge is 0.240 e. The van der Waals surface area contributed by atoms with Crippen molar-refractivity contribution >= 4 is 52.6 Å². The Morgan fingerprint density at radius 3 is 2.54 bits per heavy atom. The molecule has 0 amide bonds. The summed E-state index contributed by atoms with van der Waals surface area (Å²) in [5.41, 5.74) is -0.417. The van der Waals surface area contributed by atoms with Gasteiger partial charge < -0.3 is 14.6 Å². The summed E-state index contributed by atoms with van der Waals surface area (Å²) in [6.07, 6.45) is 2.06. The molecule has 24 heavy (non-hydrogen) atoms. The van der Waals surface area contributed by atoms with Crippen LogP contribution < -0.4 is 10.8 Å². The lowest BCUT2D eigenvalue weighted by Crippen LogP contribution is -2.30. The molecule has 0 unspecified atom stereocenters. The summed E-state index contributed by atoms with van der Waals surface area (Å²) in [5.74, 6) is -3.87. The van der Waals surface area contributed by atoms with Crippen molar-refractivity contribution in [1.29, 1.82) is 0 Å². The monoisotopic (exact) mass is 363 g/mol. The molecule has 9 heteroatoms. The number of hydrogen-bond acceptors (Lipinski definition) is 8. The third kappa shape index (κ3) is 2.53. The zero-order valence-electron chi connectivity index (χ0n) is 12.1. The lowest BCUT2D eigenvalue weighted by atomic mass is 9.96. The van der Waals surface area contributed by atoms with E-state index in [2.05, 4.69) is 0 Å². The van der Waals surface area contributed by atoms with E-state index in [9.17, 15) is 24.6 Å². The predicted octanol–water partition coefficient (Wildman–Crippen LogP) is 0.257. The van der Waals surface area contributed by atoms with E-state index in [0.29, 0.717) is 14.9 Å². The van der Waals surface area contributed by atoms with Crippen LogP contribution in [0.15, 0.2) is 28.4 Å². The number of aromatic nitrogens is 1. The van der Waals surface area contributed by atoms with Crippen LogP contribution in [0.25, 0.3) is 11.6 Å². The molecule has 1 aliphatic carbocycles. The number of nitrogens with zero attached hydrogens (tertiary/aromatic N) is 1. The fourth-order valence-corrected chi connectivity index (χ4v) is 3.25. The number of carbonyl (C=O) groups is 3. The number of hydrogen-bond donors (Lipinski definition) is 2. The van der Waals surface area contributed by atoms with Gasteiger partial charge in [0.25, 0.3) is 0 Å². The molecule has 3 rings (SSSR count). The van der Waals surface area contributed by atoms with Crippen LogP contribution in [0.4, 0.5) is 0 Å². The second kappa shape index (κ2) is 5.69. The number of ketones is 3. The van der Waals surface area contributed by atoms with Crippen molar-refractivity contribution in [2.75, 3.05) is 0 Å². The van der Waals surface area contributed by atoms with E-state index >= 15 is 0 Å². The first-order valence-electron chi connectivity index (χ1n) is 6.54. The molecule has 0 saturated heterocycles. The highest BCUT2D eigenvalue weighted by Crippen LogP contribution is 2.24. The Bertz CT molecular complexity index is 1110. The molecule has 0 atom stereocenters. The van der Waals surface area contributed by atoms with Gasteiger partial charge in [-0.25, -0.2) is 0 Å². The van der Waals surface area contributed by atoms with E-state index in [1.165, 1.54) is 22.8 Å². The molecule has 7 nitrogen and oxygen atoms in total. The molecule has 2 aromatic rings. The van der Waals surface area contributed by atoms with E-state index in [1.54, 1.807) is 7.05 Å². The van der Waals surface area contributed by atoms with Crippen molar-refractivity contribution in [2.45, 2.75) is 0 Å². The minimum absolute atomic E-state index is 0.0452. The molecular formula is C15H9NO6S2. The van der Waals surface area contributed by atoms with Crippen molar-refractivity contribution in [3.8, 4) is 5.88 Å². The molecule has 0 radical (unpaired) electrons. The summed E-state index contributed by atoms with van der Waals surface area (Å²) in [4.78, 5) is 35.7. The average Bonchev–Trinajstić information content (AvgIpc) is 3.07. The molecule has 122 valence electrons. The van der Waals surface area contributed by atoms with E-state index < -0.39 is 28.7 Å². The first-order valence-corrected chi connectivity index (χ1v) is 7.76. The van der Waals surface area contributed by atoms with Crippen LogP contribution in [0.1, 0.15) is 4.88 Å². The van der Waals surface area contributed by atoms with Crippen LogP contribution in [-0.2, 0) is 21.4 Å². The third-order valence-corrected chi connectivity index (χ3v) is 4.83. The van der Waals surface area contributed by atoms with E-state index in [-0.39, 0.29) is 16.7 Å². The normalized spacial score (nSPS) is 18.3. The third-order valence-electron chi connectivity index (χ3n) is 3.33. The molecule has 0 bridgehead atoms. The van der Waals surface area contributed by atoms with Gasteiger partial charge in [0.2, 0.25) is 23.2 Å². The maximum Gasteiger partial charge on any atom is 0.240 e. The Labute approximate surface area is 143 Å². The van der Waals surface area contributed by atoms with Gasteiger partial charge in [-0.1, -0.05) is 0 Å². The molecule has 0 spiro atoms. The van der Waals surface area contributed by atoms with E-state index in [4.69, 9.17) is 16.6 Å². The van der Waals surface area contributed by atoms with Crippen LogP contribution in [0.5, 0.6) is 5.88 Å². The average molecular weight is 363 g/mol. The lowest BCUT2D eigenvalue weighted by Gasteiger charge is -2.06. The SMILES string of the molecule is Cn1c(O)c(/C=c2/cc/c(=C3/C(=O)C(=O)C=C(O)C3=O)o2)sc1=S. The number of aliphatic hydroxyl groups is 1. The lowest BCUT2D eigenvalue weighted by molar-refractivity contribution is -0.132. The van der Waals surface area contributed by atoms with Gasteiger partial charge in [-0.15, -0.1) is 11.3 Å². The molecule has 2 heterocycles. The summed E-state index contributed by atoms with van der Waals surface area (Å²) in [6, 6.07) is 2.80. The maximum atomic E-state index is 11.9. The summed E-state index contributed by atoms with van der Waals surface area (Å²) in [6.45, 7) is 0. The molecule has 2 aromatic heterocycles. The van der Waals surface area contributed by atoms with Crippen LogP contribution in [-0.4, -0.2) is 32.1 Å². The van der Waals surface area contributed by atoms with Gasteiger partial charge in [0.1, 0.15) is 16.4 Å². The minimum Gasteiger partial charge on any atom is -0.504 e. The Hall–Kier alpha value is -2.78. The van der Waals surface area contributed by atoms with Crippen molar-refractivity contribution in [3.63, 3.8) is 0 Å². The van der Waals surface area contributed by atoms with E-state index in [1.807, 2.05) is 0 Å². The quantitative estimate of drug-likeness (QED) is 0.552. The fourth-order valence-electron chi connectivity index (χ4n) is 2.08. The molecular weight excluding hydrogens is 354 g/mol. The van der Waals surface area contributed by atoms with Crippen LogP contribution in [0.3, 0.4) is 0 Å². The fraction of sp³-hybridized carbons (Fsp3) is 0.0667. The van der Waals surface area contributed by atoms with Gasteiger partial charge in [-0.3, -0.25) is 19.0 Å². The number of carbonyl (C=O) groups excluding carboxylic acids is 3. The van der Waals surface area contributed by atoms with E-state index in [0.717, 1.165) is 11.3 Å². The molecule has 1 aliphatic rings. The zero-order chi connectivity index (χ0) is 17.6. The molecule has 0 saturated carbocycles. The molecule has 2 N–H and O–H groups in total. The Balaban J connectivity index is 2.19. The van der Waals surface area contributed by atoms with Crippen molar-refractivity contribution in [2.24, 2.45) is 7.05 Å². The summed E-state index contributed by atoms with van der Waals surface area (Å²) in [5, 5.41) is 19.4. The topological polar surface area (TPSA) is 110 Å². The highest BCUT2D eigenvalue weighted by molar-refractivity contribution is 7.73. The molecule has 0 aliphatic heterocycles. The van der Waals surface area contributed by atoms with Crippen LogP contribution in [0, 0.1) is 3.95 Å². The van der Waals surface area contributed by atoms with Gasteiger partial charge in [-0.2, -0.15) is 0 Å². The van der Waals surface area contributed by atoms with Crippen LogP contribution >= 0.6 is 23.6 Å².